The molecule has 4 nitrogen and oxygen atoms in total. The molecule has 0 amide bonds. The van der Waals surface area contributed by atoms with Gasteiger partial charge in [0.1, 0.15) is 5.75 Å². The summed E-state index contributed by atoms with van der Waals surface area (Å²) in [5, 5.41) is 13.6. The second-order valence-corrected chi connectivity index (χ2v) is 5.53. The lowest BCUT2D eigenvalue weighted by Gasteiger charge is -2.28. The summed E-state index contributed by atoms with van der Waals surface area (Å²) in [5.74, 6) is 1.61. The zero-order valence-electron chi connectivity index (χ0n) is 12.9. The van der Waals surface area contributed by atoms with Gasteiger partial charge in [0.15, 0.2) is 11.5 Å². The highest BCUT2D eigenvalue weighted by Crippen LogP contribution is 2.35. The Labute approximate surface area is 130 Å². The van der Waals surface area contributed by atoms with Crippen molar-refractivity contribution in [3.63, 3.8) is 0 Å². The fraction of sp³-hybridized carbons (Fsp3) is 0.333. The van der Waals surface area contributed by atoms with Crippen molar-refractivity contribution in [2.45, 2.75) is 18.9 Å². The van der Waals surface area contributed by atoms with Gasteiger partial charge < -0.3 is 19.9 Å². The SMILES string of the molecule is COc1ccc(C[C@@H]2NCCc3cc(OC)c(O)cc32)cc1. The van der Waals surface area contributed by atoms with Crippen molar-refractivity contribution < 1.29 is 14.6 Å². The minimum atomic E-state index is 0.199. The molecule has 0 fully saturated rings. The molecule has 1 aliphatic rings. The Hall–Kier alpha value is -2.20. The molecule has 0 aliphatic carbocycles. The Morgan fingerprint density at radius 3 is 2.59 bits per heavy atom. The molecule has 3 rings (SSSR count). The van der Waals surface area contributed by atoms with Gasteiger partial charge in [-0.05, 0) is 60.3 Å². The van der Waals surface area contributed by atoms with E-state index in [9.17, 15) is 5.11 Å². The lowest BCUT2D eigenvalue weighted by Crippen LogP contribution is -2.31. The standard InChI is InChI=1S/C18H21NO3/c1-21-14-5-3-12(4-6-14)9-16-15-11-17(20)18(22-2)10-13(15)7-8-19-16/h3-6,10-11,16,19-20H,7-9H2,1-2H3/t16-/m0/s1. The lowest BCUT2D eigenvalue weighted by atomic mass is 9.90. The zero-order chi connectivity index (χ0) is 15.5. The van der Waals surface area contributed by atoms with Crippen molar-refractivity contribution in [3.05, 3.63) is 53.1 Å². The highest BCUT2D eigenvalue weighted by molar-refractivity contribution is 5.49. The fourth-order valence-electron chi connectivity index (χ4n) is 3.00. The van der Waals surface area contributed by atoms with Crippen LogP contribution in [-0.2, 0) is 12.8 Å². The maximum atomic E-state index is 10.0. The van der Waals surface area contributed by atoms with E-state index in [0.29, 0.717) is 5.75 Å². The van der Waals surface area contributed by atoms with Crippen molar-refractivity contribution in [1.29, 1.82) is 0 Å². The molecule has 116 valence electrons. The molecule has 0 aromatic heterocycles. The summed E-state index contributed by atoms with van der Waals surface area (Å²) < 4.78 is 10.4. The minimum Gasteiger partial charge on any atom is -0.504 e. The predicted octanol–water partition coefficient (Wildman–Crippen LogP) is 2.84. The van der Waals surface area contributed by atoms with Gasteiger partial charge in [0.2, 0.25) is 0 Å². The molecule has 0 spiro atoms. The molecule has 0 unspecified atom stereocenters. The number of nitrogens with one attached hydrogen (secondary N) is 1. The minimum absolute atomic E-state index is 0.199. The monoisotopic (exact) mass is 299 g/mol. The Kier molecular flexibility index (Phi) is 4.20. The second-order valence-electron chi connectivity index (χ2n) is 5.53. The van der Waals surface area contributed by atoms with E-state index in [0.717, 1.165) is 30.7 Å². The molecule has 0 saturated carbocycles. The predicted molar refractivity (Wildman–Crippen MR) is 85.8 cm³/mol. The lowest BCUT2D eigenvalue weighted by molar-refractivity contribution is 0.370. The molecule has 0 bridgehead atoms. The number of rotatable bonds is 4. The van der Waals surface area contributed by atoms with Gasteiger partial charge in [-0.25, -0.2) is 0 Å². The molecule has 2 N–H and O–H groups in total. The van der Waals surface area contributed by atoms with Crippen LogP contribution in [0.15, 0.2) is 36.4 Å². The average molecular weight is 299 g/mol. The average Bonchev–Trinajstić information content (AvgIpc) is 2.55. The van der Waals surface area contributed by atoms with Crippen LogP contribution in [0.1, 0.15) is 22.7 Å². The molecule has 0 radical (unpaired) electrons. The number of phenolic OH excluding ortho intramolecular Hbond substituents is 1. The molecule has 2 aromatic rings. The Morgan fingerprint density at radius 1 is 1.14 bits per heavy atom. The number of hydrogen-bond donors (Lipinski definition) is 2. The van der Waals surface area contributed by atoms with Crippen molar-refractivity contribution >= 4 is 0 Å². The third kappa shape index (κ3) is 2.88. The van der Waals surface area contributed by atoms with Crippen LogP contribution in [0.5, 0.6) is 17.2 Å². The van der Waals surface area contributed by atoms with E-state index in [-0.39, 0.29) is 11.8 Å². The van der Waals surface area contributed by atoms with Crippen molar-refractivity contribution in [2.75, 3.05) is 20.8 Å². The first kappa shape index (κ1) is 14.7. The van der Waals surface area contributed by atoms with Crippen LogP contribution in [0, 0.1) is 0 Å². The number of benzene rings is 2. The molecule has 0 saturated heterocycles. The first-order valence-electron chi connectivity index (χ1n) is 7.47. The number of hydrogen-bond acceptors (Lipinski definition) is 4. The number of phenols is 1. The third-order valence-electron chi connectivity index (χ3n) is 4.20. The van der Waals surface area contributed by atoms with E-state index in [1.807, 2.05) is 24.3 Å². The quantitative estimate of drug-likeness (QED) is 0.911. The molecule has 1 aliphatic heterocycles. The van der Waals surface area contributed by atoms with Crippen LogP contribution in [0.2, 0.25) is 0 Å². The summed E-state index contributed by atoms with van der Waals surface area (Å²) in [5.41, 5.74) is 3.63. The number of ether oxygens (including phenoxy) is 2. The van der Waals surface area contributed by atoms with Crippen LogP contribution in [-0.4, -0.2) is 25.9 Å². The van der Waals surface area contributed by atoms with Crippen molar-refractivity contribution in [2.24, 2.45) is 0 Å². The van der Waals surface area contributed by atoms with Crippen LogP contribution >= 0.6 is 0 Å². The third-order valence-corrected chi connectivity index (χ3v) is 4.20. The van der Waals surface area contributed by atoms with Gasteiger partial charge in [0, 0.05) is 6.04 Å². The highest BCUT2D eigenvalue weighted by Gasteiger charge is 2.22. The summed E-state index contributed by atoms with van der Waals surface area (Å²) in [6.45, 7) is 0.932. The van der Waals surface area contributed by atoms with E-state index in [1.165, 1.54) is 11.1 Å². The first-order valence-corrected chi connectivity index (χ1v) is 7.47. The van der Waals surface area contributed by atoms with Crippen LogP contribution in [0.4, 0.5) is 0 Å². The summed E-state index contributed by atoms with van der Waals surface area (Å²) in [6, 6.07) is 12.1. The maximum absolute atomic E-state index is 10.0. The molecule has 4 heteroatoms. The molecule has 2 aromatic carbocycles. The van der Waals surface area contributed by atoms with E-state index in [4.69, 9.17) is 9.47 Å². The van der Waals surface area contributed by atoms with Crippen LogP contribution in [0.3, 0.4) is 0 Å². The molecule has 22 heavy (non-hydrogen) atoms. The largest absolute Gasteiger partial charge is 0.504 e. The summed E-state index contributed by atoms with van der Waals surface area (Å²) in [6.07, 6.45) is 1.83. The fourth-order valence-corrected chi connectivity index (χ4v) is 3.00. The molecule has 1 atom stereocenters. The van der Waals surface area contributed by atoms with Crippen LogP contribution in [0.25, 0.3) is 0 Å². The van der Waals surface area contributed by atoms with Gasteiger partial charge in [0.25, 0.3) is 0 Å². The Morgan fingerprint density at radius 2 is 1.91 bits per heavy atom. The van der Waals surface area contributed by atoms with Gasteiger partial charge in [-0.3, -0.25) is 0 Å². The normalized spacial score (nSPS) is 16.9. The Bertz CT molecular complexity index is 652. The van der Waals surface area contributed by atoms with Gasteiger partial charge >= 0.3 is 0 Å². The van der Waals surface area contributed by atoms with Crippen LogP contribution < -0.4 is 14.8 Å². The number of fused-ring (bicyclic) bond motifs is 1. The zero-order valence-corrected chi connectivity index (χ0v) is 12.9. The van der Waals surface area contributed by atoms with E-state index in [1.54, 1.807) is 14.2 Å². The summed E-state index contributed by atoms with van der Waals surface area (Å²) >= 11 is 0. The molecular weight excluding hydrogens is 278 g/mol. The van der Waals surface area contributed by atoms with Gasteiger partial charge in [-0.1, -0.05) is 12.1 Å². The Balaban J connectivity index is 1.85. The van der Waals surface area contributed by atoms with E-state index >= 15 is 0 Å². The number of methoxy groups -OCH3 is 2. The second kappa shape index (κ2) is 6.28. The van der Waals surface area contributed by atoms with Gasteiger partial charge in [-0.15, -0.1) is 0 Å². The maximum Gasteiger partial charge on any atom is 0.160 e. The number of aromatic hydroxyl groups is 1. The van der Waals surface area contributed by atoms with Gasteiger partial charge in [-0.2, -0.15) is 0 Å². The van der Waals surface area contributed by atoms with E-state index in [2.05, 4.69) is 17.4 Å². The summed E-state index contributed by atoms with van der Waals surface area (Å²) in [7, 11) is 3.25. The van der Waals surface area contributed by atoms with E-state index < -0.39 is 0 Å². The molecule has 1 heterocycles. The highest BCUT2D eigenvalue weighted by atomic mass is 16.5. The van der Waals surface area contributed by atoms with Gasteiger partial charge in [0.05, 0.1) is 14.2 Å². The van der Waals surface area contributed by atoms with Crippen molar-refractivity contribution in [3.8, 4) is 17.2 Å². The van der Waals surface area contributed by atoms with Crippen molar-refractivity contribution in [1.82, 2.24) is 5.32 Å². The first-order chi connectivity index (χ1) is 10.7. The summed E-state index contributed by atoms with van der Waals surface area (Å²) in [4.78, 5) is 0. The smallest absolute Gasteiger partial charge is 0.160 e. The molecular formula is C18H21NO3. The topological polar surface area (TPSA) is 50.7 Å².